The van der Waals surface area contributed by atoms with Crippen LogP contribution >= 0.6 is 0 Å². The minimum atomic E-state index is -4.39. The van der Waals surface area contributed by atoms with Crippen LogP contribution in [0.25, 0.3) is 0 Å². The van der Waals surface area contributed by atoms with E-state index in [-0.39, 0.29) is 17.9 Å². The normalized spacial score (nSPS) is 26.8. The van der Waals surface area contributed by atoms with Gasteiger partial charge in [0.25, 0.3) is 0 Å². The van der Waals surface area contributed by atoms with E-state index in [0.717, 1.165) is 38.2 Å². The molecule has 1 N–H and O–H groups in total. The molecule has 2 amide bonds. The molecule has 1 aromatic rings. The van der Waals surface area contributed by atoms with Crippen LogP contribution in [0.15, 0.2) is 35.3 Å². The lowest BCUT2D eigenvalue weighted by Crippen LogP contribution is -2.50. The number of amides is 2. The summed E-state index contributed by atoms with van der Waals surface area (Å²) in [6.07, 6.45) is 0.617. The number of pyridine rings is 1. The molecule has 33 heavy (non-hydrogen) atoms. The van der Waals surface area contributed by atoms with Gasteiger partial charge < -0.3 is 9.64 Å². The zero-order chi connectivity index (χ0) is 23.2. The molecule has 2 fully saturated rings. The molecule has 0 radical (unpaired) electrons. The van der Waals surface area contributed by atoms with E-state index in [2.05, 4.69) is 27.0 Å². The van der Waals surface area contributed by atoms with Crippen LogP contribution in [0, 0.1) is 11.8 Å². The van der Waals surface area contributed by atoms with Crippen molar-refractivity contribution in [1.82, 2.24) is 25.0 Å². The smallest absolute Gasteiger partial charge is 0.381 e. The summed E-state index contributed by atoms with van der Waals surface area (Å²) in [4.78, 5) is 27.5. The first-order chi connectivity index (χ1) is 15.8. The lowest BCUT2D eigenvalue weighted by Gasteiger charge is -2.32. The number of aliphatic imine (C=N–C) groups is 1. The van der Waals surface area contributed by atoms with Crippen molar-refractivity contribution in [2.75, 3.05) is 33.0 Å². The Morgan fingerprint density at radius 3 is 2.79 bits per heavy atom. The van der Waals surface area contributed by atoms with Gasteiger partial charge in [0.1, 0.15) is 12.5 Å². The average Bonchev–Trinajstić information content (AvgIpc) is 3.38. The fraction of sp³-hybridized carbons (Fsp3) is 0.591. The van der Waals surface area contributed by atoms with Gasteiger partial charge >= 0.3 is 12.2 Å². The third-order valence-corrected chi connectivity index (χ3v) is 6.81. The number of carbonyl (C=O) groups excluding carboxylic acids is 1. The number of hydrogen-bond donors (Lipinski definition) is 1. The van der Waals surface area contributed by atoms with Gasteiger partial charge in [0.05, 0.1) is 11.3 Å². The molecule has 8 nitrogen and oxygen atoms in total. The van der Waals surface area contributed by atoms with Crippen molar-refractivity contribution in [1.29, 1.82) is 0 Å². The Morgan fingerprint density at radius 1 is 1.24 bits per heavy atom. The topological polar surface area (TPSA) is 73.3 Å². The lowest BCUT2D eigenvalue weighted by atomic mass is 9.96. The van der Waals surface area contributed by atoms with E-state index in [9.17, 15) is 18.0 Å². The molecule has 0 aromatic carbocycles. The van der Waals surface area contributed by atoms with Crippen LogP contribution in [-0.4, -0.2) is 70.6 Å². The van der Waals surface area contributed by atoms with Crippen LogP contribution < -0.4 is 5.32 Å². The van der Waals surface area contributed by atoms with Gasteiger partial charge in [-0.25, -0.2) is 9.79 Å². The molecule has 0 aliphatic carbocycles. The predicted molar refractivity (Wildman–Crippen MR) is 114 cm³/mol. The first-order valence-corrected chi connectivity index (χ1v) is 11.2. The van der Waals surface area contributed by atoms with Gasteiger partial charge in [-0.2, -0.15) is 13.2 Å². The molecule has 5 rings (SSSR count). The summed E-state index contributed by atoms with van der Waals surface area (Å²) in [5.41, 5.74) is -0.313. The fourth-order valence-corrected chi connectivity index (χ4v) is 5.02. The molecule has 1 aromatic heterocycles. The molecule has 0 bridgehead atoms. The van der Waals surface area contributed by atoms with E-state index < -0.39 is 11.7 Å². The highest BCUT2D eigenvalue weighted by Crippen LogP contribution is 2.32. The summed E-state index contributed by atoms with van der Waals surface area (Å²) in [6.45, 7) is 5.60. The fourth-order valence-electron chi connectivity index (χ4n) is 5.02. The number of fused-ring (bicyclic) bond motifs is 1. The summed E-state index contributed by atoms with van der Waals surface area (Å²) in [7, 11) is 0. The Morgan fingerprint density at radius 2 is 2.03 bits per heavy atom. The highest BCUT2D eigenvalue weighted by atomic mass is 19.4. The van der Waals surface area contributed by atoms with E-state index in [0.29, 0.717) is 49.7 Å². The third-order valence-electron chi connectivity index (χ3n) is 6.81. The van der Waals surface area contributed by atoms with Gasteiger partial charge in [-0.15, -0.1) is 0 Å². The summed E-state index contributed by atoms with van der Waals surface area (Å²) < 4.78 is 44.5. The quantitative estimate of drug-likeness (QED) is 0.742. The molecule has 5 heterocycles. The van der Waals surface area contributed by atoms with Crippen molar-refractivity contribution in [2.24, 2.45) is 16.8 Å². The number of likely N-dealkylation sites (tertiary alicyclic amines) is 1. The molecule has 2 saturated heterocycles. The second-order valence-electron chi connectivity index (χ2n) is 9.15. The zero-order valence-electron chi connectivity index (χ0n) is 18.4. The maximum Gasteiger partial charge on any atom is 0.416 e. The molecule has 0 spiro atoms. The Hall–Kier alpha value is -2.66. The SMILES string of the molecule is CC1CN(Cc2cc(C(F)(F)F)ccn2)CC1C1=NC2=CN(C3CCOCC3)CN2C(=O)N1. The van der Waals surface area contributed by atoms with Crippen LogP contribution in [0.5, 0.6) is 0 Å². The van der Waals surface area contributed by atoms with Crippen molar-refractivity contribution in [3.8, 4) is 0 Å². The van der Waals surface area contributed by atoms with Crippen LogP contribution in [0.1, 0.15) is 31.0 Å². The third kappa shape index (κ3) is 4.56. The maximum atomic E-state index is 13.0. The van der Waals surface area contributed by atoms with E-state index in [1.54, 1.807) is 4.90 Å². The number of urea groups is 1. The Kier molecular flexibility index (Phi) is 5.77. The van der Waals surface area contributed by atoms with Crippen molar-refractivity contribution in [3.05, 3.63) is 41.6 Å². The van der Waals surface area contributed by atoms with Crippen molar-refractivity contribution in [2.45, 2.75) is 38.5 Å². The molecule has 4 aliphatic rings. The largest absolute Gasteiger partial charge is 0.416 e. The number of hydrogen-bond acceptors (Lipinski definition) is 6. The van der Waals surface area contributed by atoms with Gasteiger partial charge in [-0.05, 0) is 30.9 Å². The number of amidine groups is 1. The molecular formula is C22H27F3N6O2. The minimum Gasteiger partial charge on any atom is -0.381 e. The summed E-state index contributed by atoms with van der Waals surface area (Å²) in [6, 6.07) is 2.23. The predicted octanol–water partition coefficient (Wildman–Crippen LogP) is 2.84. The number of carbonyl (C=O) groups is 1. The number of ether oxygens (including phenoxy) is 1. The first-order valence-electron chi connectivity index (χ1n) is 11.2. The summed E-state index contributed by atoms with van der Waals surface area (Å²) >= 11 is 0. The molecule has 2 atom stereocenters. The van der Waals surface area contributed by atoms with Crippen LogP contribution in [0.3, 0.4) is 0 Å². The van der Waals surface area contributed by atoms with Crippen molar-refractivity contribution >= 4 is 11.9 Å². The number of nitrogens with one attached hydrogen (secondary N) is 1. The van der Waals surface area contributed by atoms with Gasteiger partial charge in [-0.3, -0.25) is 20.1 Å². The molecule has 178 valence electrons. The van der Waals surface area contributed by atoms with Crippen LogP contribution in [0.2, 0.25) is 0 Å². The van der Waals surface area contributed by atoms with Crippen LogP contribution in [-0.2, 0) is 17.5 Å². The first kappa shape index (κ1) is 22.1. The Bertz CT molecular complexity index is 975. The second kappa shape index (κ2) is 8.60. The van der Waals surface area contributed by atoms with Crippen molar-refractivity contribution < 1.29 is 22.7 Å². The van der Waals surface area contributed by atoms with Gasteiger partial charge in [-0.1, -0.05) is 6.92 Å². The number of aromatic nitrogens is 1. The van der Waals surface area contributed by atoms with Crippen LogP contribution in [0.4, 0.5) is 18.0 Å². The molecular weight excluding hydrogens is 437 g/mol. The standard InChI is InChI=1S/C22H27F3N6O2/c1-14-9-29(10-16-8-15(2-5-26-16)22(23,24)25)11-18(14)20-27-19-12-30(13-31(19)21(32)28-20)17-3-6-33-7-4-17/h2,5,8,12,14,17-18H,3-4,6-7,9-11,13H2,1H3,(H,27,28,32). The molecule has 2 unspecified atom stereocenters. The monoisotopic (exact) mass is 464 g/mol. The van der Waals surface area contributed by atoms with E-state index in [1.807, 2.05) is 6.20 Å². The molecule has 4 aliphatic heterocycles. The maximum absolute atomic E-state index is 13.0. The highest BCUT2D eigenvalue weighted by molar-refractivity contribution is 6.02. The van der Waals surface area contributed by atoms with Gasteiger partial charge in [0.2, 0.25) is 0 Å². The second-order valence-corrected chi connectivity index (χ2v) is 9.15. The van der Waals surface area contributed by atoms with E-state index in [1.165, 1.54) is 6.20 Å². The number of alkyl halides is 3. The number of rotatable bonds is 4. The molecule has 11 heteroatoms. The Balaban J connectivity index is 1.28. The zero-order valence-corrected chi connectivity index (χ0v) is 18.4. The highest BCUT2D eigenvalue weighted by Gasteiger charge is 2.40. The summed E-state index contributed by atoms with van der Waals surface area (Å²) in [5.74, 6) is 1.45. The van der Waals surface area contributed by atoms with E-state index in [4.69, 9.17) is 9.73 Å². The van der Waals surface area contributed by atoms with E-state index >= 15 is 0 Å². The number of halogens is 3. The molecule has 0 saturated carbocycles. The van der Waals surface area contributed by atoms with Crippen molar-refractivity contribution in [3.63, 3.8) is 0 Å². The number of nitrogens with zero attached hydrogens (tertiary/aromatic N) is 5. The minimum absolute atomic E-state index is 0.0140. The summed E-state index contributed by atoms with van der Waals surface area (Å²) in [5, 5.41) is 2.95. The average molecular weight is 464 g/mol. The van der Waals surface area contributed by atoms with Gasteiger partial charge in [0, 0.05) is 57.2 Å². The Labute approximate surface area is 190 Å². The lowest BCUT2D eigenvalue weighted by molar-refractivity contribution is -0.137. The van der Waals surface area contributed by atoms with Gasteiger partial charge in [0.15, 0.2) is 5.82 Å².